The summed E-state index contributed by atoms with van der Waals surface area (Å²) >= 11 is 1.25. The minimum Gasteiger partial charge on any atom is -0.477 e. The Morgan fingerprint density at radius 1 is 1.59 bits per heavy atom. The lowest BCUT2D eigenvalue weighted by atomic mass is 10.2. The summed E-state index contributed by atoms with van der Waals surface area (Å²) in [5.74, 6) is -0.868. The fraction of sp³-hybridized carbons (Fsp3) is 0.300. The van der Waals surface area contributed by atoms with Gasteiger partial charge in [0.1, 0.15) is 4.88 Å². The highest BCUT2D eigenvalue weighted by molar-refractivity contribution is 7.12. The molecule has 0 spiro atoms. The van der Waals surface area contributed by atoms with Gasteiger partial charge in [0.15, 0.2) is 0 Å². The number of thiophene rings is 1. The summed E-state index contributed by atoms with van der Waals surface area (Å²) < 4.78 is 1.72. The van der Waals surface area contributed by atoms with Gasteiger partial charge in [0.25, 0.3) is 0 Å². The molecule has 0 amide bonds. The van der Waals surface area contributed by atoms with Crippen molar-refractivity contribution in [1.29, 1.82) is 0 Å². The molecule has 0 atom stereocenters. The average Bonchev–Trinajstić information content (AvgIpc) is 2.95. The summed E-state index contributed by atoms with van der Waals surface area (Å²) in [6, 6.07) is 1.83. The highest BCUT2D eigenvalue weighted by Gasteiger charge is 2.10. The van der Waals surface area contributed by atoms with Gasteiger partial charge in [-0.2, -0.15) is 0 Å². The molecule has 0 aromatic carbocycles. The van der Waals surface area contributed by atoms with Gasteiger partial charge in [-0.3, -0.25) is 4.68 Å². The number of nitrogens with one attached hydrogen (secondary N) is 1. The van der Waals surface area contributed by atoms with Crippen molar-refractivity contribution in [3.8, 4) is 0 Å². The average molecular weight is 252 g/mol. The molecule has 2 aromatic rings. The predicted octanol–water partition coefficient (Wildman–Crippen LogP) is 0.828. The number of aromatic carboxylic acids is 1. The minimum atomic E-state index is -0.868. The van der Waals surface area contributed by atoms with Gasteiger partial charge in [-0.15, -0.1) is 16.4 Å². The molecule has 0 unspecified atom stereocenters. The van der Waals surface area contributed by atoms with Crippen LogP contribution in [0.15, 0.2) is 23.8 Å². The smallest absolute Gasteiger partial charge is 0.346 e. The third kappa shape index (κ3) is 3.11. The molecule has 2 N–H and O–H groups in total. The normalized spacial score (nSPS) is 10.6. The maximum atomic E-state index is 10.9. The Balaban J connectivity index is 1.78. The molecule has 0 aliphatic carbocycles. The van der Waals surface area contributed by atoms with E-state index in [-0.39, 0.29) is 0 Å². The fourth-order valence-electron chi connectivity index (χ4n) is 1.43. The van der Waals surface area contributed by atoms with Crippen LogP contribution in [0.25, 0.3) is 0 Å². The molecular weight excluding hydrogens is 240 g/mol. The first-order valence-electron chi connectivity index (χ1n) is 5.12. The first-order chi connectivity index (χ1) is 8.27. The second-order valence-electron chi connectivity index (χ2n) is 3.42. The molecule has 0 bridgehead atoms. The quantitative estimate of drug-likeness (QED) is 0.744. The van der Waals surface area contributed by atoms with Gasteiger partial charge < -0.3 is 10.4 Å². The highest BCUT2D eigenvalue weighted by Crippen LogP contribution is 2.16. The molecule has 17 heavy (non-hydrogen) atoms. The van der Waals surface area contributed by atoms with Crippen LogP contribution in [0.3, 0.4) is 0 Å². The summed E-state index contributed by atoms with van der Waals surface area (Å²) in [6.07, 6.45) is 3.41. The number of carboxylic acids is 1. The molecular formula is C10H12N4O2S. The molecule has 2 heterocycles. The number of hydrogen-bond donors (Lipinski definition) is 2. The summed E-state index contributed by atoms with van der Waals surface area (Å²) in [5, 5.41) is 21.4. The van der Waals surface area contributed by atoms with Crippen molar-refractivity contribution >= 4 is 17.3 Å². The predicted molar refractivity (Wildman–Crippen MR) is 63.0 cm³/mol. The SMILES string of the molecule is O=C(O)c1sccc1CNCCn1ccnn1. The van der Waals surface area contributed by atoms with Crippen LogP contribution in [0.1, 0.15) is 15.2 Å². The second-order valence-corrected chi connectivity index (χ2v) is 4.34. The monoisotopic (exact) mass is 252 g/mol. The van der Waals surface area contributed by atoms with E-state index in [1.807, 2.05) is 6.07 Å². The Bertz CT molecular complexity index is 480. The lowest BCUT2D eigenvalue weighted by Gasteiger charge is -2.04. The number of nitrogens with zero attached hydrogens (tertiary/aromatic N) is 3. The zero-order valence-electron chi connectivity index (χ0n) is 9.04. The number of carbonyl (C=O) groups is 1. The largest absolute Gasteiger partial charge is 0.477 e. The zero-order valence-corrected chi connectivity index (χ0v) is 9.85. The van der Waals surface area contributed by atoms with E-state index in [1.165, 1.54) is 11.3 Å². The van der Waals surface area contributed by atoms with Gasteiger partial charge in [0.05, 0.1) is 12.7 Å². The molecule has 2 rings (SSSR count). The van der Waals surface area contributed by atoms with E-state index in [9.17, 15) is 4.79 Å². The summed E-state index contributed by atoms with van der Waals surface area (Å²) in [6.45, 7) is 1.99. The van der Waals surface area contributed by atoms with E-state index < -0.39 is 5.97 Å². The Morgan fingerprint density at radius 2 is 2.47 bits per heavy atom. The molecule has 0 aliphatic heterocycles. The van der Waals surface area contributed by atoms with Crippen LogP contribution in [0, 0.1) is 0 Å². The maximum Gasteiger partial charge on any atom is 0.346 e. The number of rotatable bonds is 6. The van der Waals surface area contributed by atoms with Crippen molar-refractivity contribution in [3.63, 3.8) is 0 Å². The van der Waals surface area contributed by atoms with E-state index in [0.29, 0.717) is 18.0 Å². The van der Waals surface area contributed by atoms with Gasteiger partial charge in [-0.1, -0.05) is 5.21 Å². The van der Waals surface area contributed by atoms with Crippen LogP contribution in [-0.2, 0) is 13.1 Å². The van der Waals surface area contributed by atoms with Crippen molar-refractivity contribution in [3.05, 3.63) is 34.3 Å². The van der Waals surface area contributed by atoms with E-state index in [0.717, 1.165) is 12.1 Å². The Labute approximate surface area is 102 Å². The number of carboxylic acid groups (broad SMARTS) is 1. The van der Waals surface area contributed by atoms with Gasteiger partial charge in [-0.05, 0) is 17.0 Å². The first-order valence-corrected chi connectivity index (χ1v) is 6.00. The van der Waals surface area contributed by atoms with Crippen LogP contribution in [-0.4, -0.2) is 32.6 Å². The van der Waals surface area contributed by atoms with E-state index in [4.69, 9.17) is 5.11 Å². The molecule has 0 saturated carbocycles. The summed E-state index contributed by atoms with van der Waals surface area (Å²) in [7, 11) is 0. The second kappa shape index (κ2) is 5.55. The zero-order chi connectivity index (χ0) is 12.1. The molecule has 2 aromatic heterocycles. The van der Waals surface area contributed by atoms with E-state index in [2.05, 4.69) is 15.6 Å². The minimum absolute atomic E-state index is 0.401. The Hall–Kier alpha value is -1.73. The molecule has 90 valence electrons. The van der Waals surface area contributed by atoms with Crippen molar-refractivity contribution in [1.82, 2.24) is 20.3 Å². The molecule has 0 fully saturated rings. The Kier molecular flexibility index (Phi) is 3.84. The number of aromatic nitrogens is 3. The summed E-state index contributed by atoms with van der Waals surface area (Å²) in [5.41, 5.74) is 0.820. The first kappa shape index (κ1) is 11.7. The van der Waals surface area contributed by atoms with Crippen molar-refractivity contribution in [2.75, 3.05) is 6.54 Å². The van der Waals surface area contributed by atoms with E-state index in [1.54, 1.807) is 22.5 Å². The van der Waals surface area contributed by atoms with Crippen molar-refractivity contribution in [2.45, 2.75) is 13.1 Å². The Morgan fingerprint density at radius 3 is 3.18 bits per heavy atom. The third-order valence-corrected chi connectivity index (χ3v) is 3.19. The molecule has 0 saturated heterocycles. The van der Waals surface area contributed by atoms with Gasteiger partial charge in [0.2, 0.25) is 0 Å². The topological polar surface area (TPSA) is 80.0 Å². The third-order valence-electron chi connectivity index (χ3n) is 2.25. The summed E-state index contributed by atoms with van der Waals surface area (Å²) in [4.78, 5) is 11.3. The fourth-order valence-corrected chi connectivity index (χ4v) is 2.19. The highest BCUT2D eigenvalue weighted by atomic mass is 32.1. The van der Waals surface area contributed by atoms with Gasteiger partial charge in [0, 0.05) is 19.3 Å². The van der Waals surface area contributed by atoms with Gasteiger partial charge >= 0.3 is 5.97 Å². The maximum absolute atomic E-state index is 10.9. The molecule has 7 heteroatoms. The molecule has 0 radical (unpaired) electrons. The van der Waals surface area contributed by atoms with Crippen LogP contribution in [0.4, 0.5) is 0 Å². The lowest BCUT2D eigenvalue weighted by Crippen LogP contribution is -2.20. The van der Waals surface area contributed by atoms with Crippen LogP contribution in [0.5, 0.6) is 0 Å². The molecule has 0 aliphatic rings. The number of hydrogen-bond acceptors (Lipinski definition) is 5. The standard InChI is InChI=1S/C10H12N4O2S/c15-10(16)9-8(1-6-17-9)7-11-2-4-14-5-3-12-13-14/h1,3,5-6,11H,2,4,7H2,(H,15,16). The lowest BCUT2D eigenvalue weighted by molar-refractivity contribution is 0.0701. The van der Waals surface area contributed by atoms with Crippen LogP contribution >= 0.6 is 11.3 Å². The van der Waals surface area contributed by atoms with Crippen molar-refractivity contribution in [2.24, 2.45) is 0 Å². The van der Waals surface area contributed by atoms with E-state index >= 15 is 0 Å². The van der Waals surface area contributed by atoms with Gasteiger partial charge in [-0.25, -0.2) is 4.79 Å². The van der Waals surface area contributed by atoms with Crippen LogP contribution < -0.4 is 5.32 Å². The molecule has 6 nitrogen and oxygen atoms in total. The van der Waals surface area contributed by atoms with Crippen LogP contribution in [0.2, 0.25) is 0 Å². The van der Waals surface area contributed by atoms with Crippen molar-refractivity contribution < 1.29 is 9.90 Å².